The summed E-state index contributed by atoms with van der Waals surface area (Å²) in [6.45, 7) is -1.53. The van der Waals surface area contributed by atoms with E-state index in [1.807, 2.05) is 0 Å². The van der Waals surface area contributed by atoms with E-state index < -0.39 is 31.4 Å². The van der Waals surface area contributed by atoms with Crippen LogP contribution in [0.3, 0.4) is 0 Å². The minimum absolute atomic E-state index is 0.235. The van der Waals surface area contributed by atoms with Gasteiger partial charge in [-0.1, -0.05) is 38.5 Å². The molecular formula is C17H31N3O3. The molecule has 1 fully saturated rings. The number of nitrogens with one attached hydrogen (secondary N) is 2. The highest BCUT2D eigenvalue weighted by atomic mass is 16.5. The van der Waals surface area contributed by atoms with Gasteiger partial charge in [0.2, 0.25) is 5.91 Å². The summed E-state index contributed by atoms with van der Waals surface area (Å²) in [6.07, 6.45) is 8.85. The fourth-order valence-corrected chi connectivity index (χ4v) is 2.57. The van der Waals surface area contributed by atoms with Crippen LogP contribution in [0.2, 0.25) is 0 Å². The number of rotatable bonds is 0. The quantitative estimate of drug-likeness (QED) is 0.670. The lowest BCUT2D eigenvalue weighted by Crippen LogP contribution is -2.44. The molecule has 0 saturated carbocycles. The molecule has 6 heteroatoms. The van der Waals surface area contributed by atoms with E-state index in [9.17, 15) is 9.59 Å². The first-order valence-electron chi connectivity index (χ1n) is 10.1. The molecule has 1 unspecified atom stereocenters. The standard InChI is InChI=1S/C17H31N3O3/c1-14-11-9-7-5-3-4-6-8-10-12-15(21)19-17(18)20(2)13-16(22)23-14/h14H,3-13H2,1-2H3,(H2,18,19,21)/i2D3. The fraction of sp³-hybridized carbons (Fsp3) is 0.824. The molecule has 1 rings (SSSR count). The second kappa shape index (κ2) is 11.0. The SMILES string of the molecule is [2H]C([2H])([2H])N1CC(=O)OC(C)CCCCCCCCCCC(=O)NC1=N. The first-order chi connectivity index (χ1) is 12.2. The molecule has 0 aromatic carbocycles. The number of cyclic esters (lactones) is 1. The van der Waals surface area contributed by atoms with Crippen molar-refractivity contribution in [1.82, 2.24) is 10.2 Å². The minimum atomic E-state index is -2.71. The van der Waals surface area contributed by atoms with Crippen molar-refractivity contribution >= 4 is 17.8 Å². The highest BCUT2D eigenvalue weighted by Gasteiger charge is 2.15. The number of hydrogen-bond donors (Lipinski definition) is 2. The maximum atomic E-state index is 12.0. The number of nitrogens with zero attached hydrogens (tertiary/aromatic N) is 1. The van der Waals surface area contributed by atoms with Gasteiger partial charge in [-0.05, 0) is 26.2 Å². The van der Waals surface area contributed by atoms with Crippen molar-refractivity contribution < 1.29 is 18.4 Å². The zero-order chi connectivity index (χ0) is 19.6. The van der Waals surface area contributed by atoms with E-state index in [2.05, 4.69) is 5.32 Å². The molecule has 1 heterocycles. The number of likely N-dealkylation sites (N-methyl/N-ethyl adjacent to an activating group) is 1. The van der Waals surface area contributed by atoms with Crippen molar-refractivity contribution in [2.45, 2.75) is 77.2 Å². The normalized spacial score (nSPS) is 26.8. The van der Waals surface area contributed by atoms with Gasteiger partial charge in [-0.15, -0.1) is 0 Å². The Labute approximate surface area is 143 Å². The fourth-order valence-electron chi connectivity index (χ4n) is 2.57. The van der Waals surface area contributed by atoms with Crippen molar-refractivity contribution in [1.29, 1.82) is 5.41 Å². The van der Waals surface area contributed by atoms with Crippen molar-refractivity contribution in [2.24, 2.45) is 0 Å². The van der Waals surface area contributed by atoms with Crippen LogP contribution in [0, 0.1) is 5.41 Å². The highest BCUT2D eigenvalue weighted by molar-refractivity contribution is 5.96. The molecular weight excluding hydrogens is 294 g/mol. The van der Waals surface area contributed by atoms with E-state index in [1.165, 1.54) is 6.42 Å². The number of guanidine groups is 1. The molecule has 132 valence electrons. The van der Waals surface area contributed by atoms with E-state index in [4.69, 9.17) is 14.3 Å². The van der Waals surface area contributed by atoms with Gasteiger partial charge in [-0.25, -0.2) is 0 Å². The molecule has 2 N–H and O–H groups in total. The molecule has 1 saturated heterocycles. The van der Waals surface area contributed by atoms with Gasteiger partial charge in [0.1, 0.15) is 6.54 Å². The van der Waals surface area contributed by atoms with Gasteiger partial charge >= 0.3 is 5.97 Å². The zero-order valence-corrected chi connectivity index (χ0v) is 14.0. The molecule has 0 spiro atoms. The molecule has 0 aromatic heterocycles. The predicted molar refractivity (Wildman–Crippen MR) is 90.2 cm³/mol. The summed E-state index contributed by atoms with van der Waals surface area (Å²) in [5.74, 6) is -1.72. The summed E-state index contributed by atoms with van der Waals surface area (Å²) in [7, 11) is 0. The smallest absolute Gasteiger partial charge is 0.325 e. The molecule has 0 radical (unpaired) electrons. The molecule has 0 aromatic rings. The minimum Gasteiger partial charge on any atom is -0.461 e. The van der Waals surface area contributed by atoms with Gasteiger partial charge in [-0.3, -0.25) is 20.3 Å². The highest BCUT2D eigenvalue weighted by Crippen LogP contribution is 2.12. The Kier molecular flexibility index (Phi) is 7.17. The van der Waals surface area contributed by atoms with E-state index in [0.29, 0.717) is 11.3 Å². The molecule has 6 nitrogen and oxygen atoms in total. The second-order valence-electron chi connectivity index (χ2n) is 6.15. The van der Waals surface area contributed by atoms with Crippen LogP contribution in [-0.2, 0) is 14.3 Å². The Bertz CT molecular complexity index is 484. The Morgan fingerprint density at radius 2 is 1.74 bits per heavy atom. The number of hydrogen-bond acceptors (Lipinski definition) is 4. The summed E-state index contributed by atoms with van der Waals surface area (Å²) in [6, 6.07) is 0. The first-order valence-corrected chi connectivity index (χ1v) is 8.55. The Morgan fingerprint density at radius 1 is 1.13 bits per heavy atom. The summed E-state index contributed by atoms with van der Waals surface area (Å²) < 4.78 is 27.8. The molecule has 23 heavy (non-hydrogen) atoms. The van der Waals surface area contributed by atoms with Crippen molar-refractivity contribution in [3.05, 3.63) is 0 Å². The van der Waals surface area contributed by atoms with Crippen molar-refractivity contribution in [3.63, 3.8) is 0 Å². The maximum Gasteiger partial charge on any atom is 0.325 e. The van der Waals surface area contributed by atoms with Crippen LogP contribution in [-0.4, -0.2) is 42.4 Å². The number of ether oxygens (including phenoxy) is 1. The number of carbonyl (C=O) groups excluding carboxylic acids is 2. The van der Waals surface area contributed by atoms with Crippen LogP contribution in [0.4, 0.5) is 0 Å². The van der Waals surface area contributed by atoms with Crippen LogP contribution in [0.1, 0.15) is 75.2 Å². The monoisotopic (exact) mass is 328 g/mol. The van der Waals surface area contributed by atoms with Crippen LogP contribution >= 0.6 is 0 Å². The Morgan fingerprint density at radius 3 is 2.39 bits per heavy atom. The summed E-state index contributed by atoms with van der Waals surface area (Å²) in [4.78, 5) is 24.5. The first kappa shape index (κ1) is 15.0. The summed E-state index contributed by atoms with van der Waals surface area (Å²) in [5.41, 5.74) is 0. The molecule has 1 aliphatic rings. The summed E-state index contributed by atoms with van der Waals surface area (Å²) >= 11 is 0. The second-order valence-corrected chi connectivity index (χ2v) is 6.15. The molecule has 1 aliphatic heterocycles. The lowest BCUT2D eigenvalue weighted by atomic mass is 10.1. The molecule has 0 bridgehead atoms. The third-order valence-corrected chi connectivity index (χ3v) is 3.91. The van der Waals surface area contributed by atoms with Gasteiger partial charge in [0, 0.05) is 17.5 Å². The van der Waals surface area contributed by atoms with Crippen LogP contribution in [0.15, 0.2) is 0 Å². The van der Waals surface area contributed by atoms with E-state index in [1.54, 1.807) is 6.92 Å². The van der Waals surface area contributed by atoms with Crippen LogP contribution in [0.25, 0.3) is 0 Å². The van der Waals surface area contributed by atoms with Crippen molar-refractivity contribution in [2.75, 3.05) is 13.5 Å². The number of carbonyl (C=O) groups is 2. The maximum absolute atomic E-state index is 12.0. The van der Waals surface area contributed by atoms with Gasteiger partial charge in [0.25, 0.3) is 0 Å². The third kappa shape index (κ3) is 9.21. The van der Waals surface area contributed by atoms with Gasteiger partial charge in [0.05, 0.1) is 6.10 Å². The van der Waals surface area contributed by atoms with Gasteiger partial charge < -0.3 is 9.64 Å². The van der Waals surface area contributed by atoms with Crippen molar-refractivity contribution in [3.8, 4) is 0 Å². The average Bonchev–Trinajstić information content (AvgIpc) is 2.52. The molecule has 1 atom stereocenters. The largest absolute Gasteiger partial charge is 0.461 e. The number of amides is 1. The topological polar surface area (TPSA) is 82.5 Å². The Hall–Kier alpha value is -1.59. The van der Waals surface area contributed by atoms with E-state index in [-0.39, 0.29) is 12.5 Å². The summed E-state index contributed by atoms with van der Waals surface area (Å²) in [5, 5.41) is 10.1. The lowest BCUT2D eigenvalue weighted by molar-refractivity contribution is -0.148. The zero-order valence-electron chi connectivity index (χ0n) is 17.0. The number of esters is 1. The van der Waals surface area contributed by atoms with Gasteiger partial charge in [-0.2, -0.15) is 0 Å². The van der Waals surface area contributed by atoms with Gasteiger partial charge in [0.15, 0.2) is 5.96 Å². The Balaban J connectivity index is 2.74. The molecule has 1 amide bonds. The molecule has 0 aliphatic carbocycles. The lowest BCUT2D eigenvalue weighted by Gasteiger charge is -2.21. The van der Waals surface area contributed by atoms with E-state index >= 15 is 0 Å². The average molecular weight is 328 g/mol. The van der Waals surface area contributed by atoms with Crippen LogP contribution in [0.5, 0.6) is 0 Å². The van der Waals surface area contributed by atoms with Crippen LogP contribution < -0.4 is 5.32 Å². The van der Waals surface area contributed by atoms with E-state index in [0.717, 1.165) is 44.9 Å². The predicted octanol–water partition coefficient (Wildman–Crippen LogP) is 2.82. The third-order valence-electron chi connectivity index (χ3n) is 3.91.